The lowest BCUT2D eigenvalue weighted by molar-refractivity contribution is -0.159. The highest BCUT2D eigenvalue weighted by Gasteiger charge is 2.48. The molecule has 1 aromatic carbocycles. The maximum absolute atomic E-state index is 11.3. The third-order valence-electron chi connectivity index (χ3n) is 5.38. The van der Waals surface area contributed by atoms with Crippen LogP contribution in [0, 0.1) is 11.8 Å². The molecule has 2 aliphatic heterocycles. The molecular formula is C20H29NO4S. The summed E-state index contributed by atoms with van der Waals surface area (Å²) in [5.74, 6) is 3.90. The molecule has 1 aromatic rings. The van der Waals surface area contributed by atoms with Crippen molar-refractivity contribution in [2.24, 2.45) is 11.8 Å². The van der Waals surface area contributed by atoms with Crippen LogP contribution in [0.5, 0.6) is 5.75 Å². The highest BCUT2D eigenvalue weighted by atomic mass is 32.2. The van der Waals surface area contributed by atoms with Gasteiger partial charge in [-0.25, -0.2) is 5.06 Å². The zero-order chi connectivity index (χ0) is 18.4. The quantitative estimate of drug-likeness (QED) is 0.382. The summed E-state index contributed by atoms with van der Waals surface area (Å²) in [5.41, 5.74) is 0. The third kappa shape index (κ3) is 5.15. The number of unbranched alkanes of at least 4 members (excludes halogenated alkanes) is 1. The number of hydroxylamine groups is 2. The Kier molecular flexibility index (Phi) is 7.23. The van der Waals surface area contributed by atoms with E-state index in [2.05, 4.69) is 0 Å². The first-order chi connectivity index (χ1) is 12.6. The summed E-state index contributed by atoms with van der Waals surface area (Å²) < 4.78 is 12.2. The normalized spacial score (nSPS) is 26.8. The summed E-state index contributed by atoms with van der Waals surface area (Å²) in [5, 5.41) is 9.72. The van der Waals surface area contributed by atoms with Crippen molar-refractivity contribution >= 4 is 17.7 Å². The van der Waals surface area contributed by atoms with Crippen LogP contribution in [0.3, 0.4) is 0 Å². The van der Waals surface area contributed by atoms with Crippen LogP contribution >= 0.6 is 11.8 Å². The Morgan fingerprint density at radius 2 is 1.96 bits per heavy atom. The smallest absolute Gasteiger partial charge is 0.245 e. The van der Waals surface area contributed by atoms with Gasteiger partial charge in [-0.2, -0.15) is 11.8 Å². The number of nitrogens with zero attached hydrogens (tertiary/aromatic N) is 1. The van der Waals surface area contributed by atoms with E-state index in [1.807, 2.05) is 42.1 Å². The Hall–Kier alpha value is -1.24. The number of benzene rings is 1. The van der Waals surface area contributed by atoms with Crippen molar-refractivity contribution in [2.75, 3.05) is 25.2 Å². The minimum absolute atomic E-state index is 0.213. The van der Waals surface area contributed by atoms with E-state index in [0.29, 0.717) is 35.5 Å². The summed E-state index contributed by atoms with van der Waals surface area (Å²) >= 11 is 1.95. The molecule has 0 spiro atoms. The lowest BCUT2D eigenvalue weighted by atomic mass is 9.81. The molecule has 0 aromatic heterocycles. The lowest BCUT2D eigenvalue weighted by Crippen LogP contribution is -2.33. The molecule has 4 atom stereocenters. The van der Waals surface area contributed by atoms with E-state index in [1.54, 1.807) is 0 Å². The van der Waals surface area contributed by atoms with Gasteiger partial charge in [-0.3, -0.25) is 10.0 Å². The first-order valence-corrected chi connectivity index (χ1v) is 10.7. The van der Waals surface area contributed by atoms with Crippen LogP contribution in [0.4, 0.5) is 0 Å². The van der Waals surface area contributed by atoms with Crippen LogP contribution < -0.4 is 4.74 Å². The van der Waals surface area contributed by atoms with Gasteiger partial charge in [0.1, 0.15) is 5.75 Å². The van der Waals surface area contributed by atoms with E-state index in [4.69, 9.17) is 14.7 Å². The van der Waals surface area contributed by atoms with Gasteiger partial charge in [0.2, 0.25) is 5.91 Å². The molecule has 26 heavy (non-hydrogen) atoms. The first-order valence-electron chi connectivity index (χ1n) is 9.51. The largest absolute Gasteiger partial charge is 0.493 e. The zero-order valence-electron chi connectivity index (χ0n) is 15.4. The summed E-state index contributed by atoms with van der Waals surface area (Å²) in [7, 11) is 1.38. The number of hydrogen-bond donors (Lipinski definition) is 1. The summed E-state index contributed by atoms with van der Waals surface area (Å²) in [6, 6.07) is 10.0. The number of thioether (sulfide) groups is 1. The van der Waals surface area contributed by atoms with E-state index in [-0.39, 0.29) is 5.91 Å². The topological polar surface area (TPSA) is 59.0 Å². The fourth-order valence-electron chi connectivity index (χ4n) is 3.90. The van der Waals surface area contributed by atoms with E-state index < -0.39 is 0 Å². The molecule has 1 N–H and O–H groups in total. The number of hydrogen-bond acceptors (Lipinski definition) is 5. The fourth-order valence-corrected chi connectivity index (χ4v) is 5.21. The number of fused-ring (bicyclic) bond motifs is 2. The fraction of sp³-hybridized carbons (Fsp3) is 0.650. The second kappa shape index (κ2) is 9.62. The second-order valence-electron chi connectivity index (χ2n) is 7.19. The lowest BCUT2D eigenvalue weighted by Gasteiger charge is -2.27. The van der Waals surface area contributed by atoms with Crippen LogP contribution in [-0.4, -0.2) is 53.5 Å². The molecule has 6 heteroatoms. The molecule has 2 heterocycles. The molecule has 2 fully saturated rings. The SMILES string of the molecule is CN(O)C(=O)CCCCSCC1C2CCC(O2)C1COc1ccccc1. The van der Waals surface area contributed by atoms with Crippen molar-refractivity contribution in [1.82, 2.24) is 5.06 Å². The van der Waals surface area contributed by atoms with Gasteiger partial charge in [0.15, 0.2) is 0 Å². The van der Waals surface area contributed by atoms with Gasteiger partial charge >= 0.3 is 0 Å². The van der Waals surface area contributed by atoms with E-state index in [9.17, 15) is 4.79 Å². The highest BCUT2D eigenvalue weighted by molar-refractivity contribution is 7.99. The zero-order valence-corrected chi connectivity index (χ0v) is 16.2. The molecule has 0 aliphatic carbocycles. The molecule has 0 radical (unpaired) electrons. The van der Waals surface area contributed by atoms with Gasteiger partial charge < -0.3 is 9.47 Å². The van der Waals surface area contributed by atoms with E-state index in [0.717, 1.165) is 43.1 Å². The van der Waals surface area contributed by atoms with Gasteiger partial charge in [0, 0.05) is 25.3 Å². The molecule has 3 rings (SSSR count). The van der Waals surface area contributed by atoms with Crippen molar-refractivity contribution in [3.63, 3.8) is 0 Å². The molecule has 0 saturated carbocycles. The van der Waals surface area contributed by atoms with Gasteiger partial charge in [0.05, 0.1) is 18.8 Å². The number of amides is 1. The number of ether oxygens (including phenoxy) is 2. The van der Waals surface area contributed by atoms with Gasteiger partial charge in [-0.05, 0) is 49.3 Å². The minimum Gasteiger partial charge on any atom is -0.493 e. The maximum Gasteiger partial charge on any atom is 0.245 e. The first kappa shape index (κ1) is 19.5. The molecule has 144 valence electrons. The van der Waals surface area contributed by atoms with Crippen molar-refractivity contribution in [2.45, 2.75) is 44.3 Å². The average molecular weight is 380 g/mol. The molecule has 2 aliphatic rings. The molecule has 4 unspecified atom stereocenters. The van der Waals surface area contributed by atoms with Crippen LogP contribution in [0.1, 0.15) is 32.1 Å². The van der Waals surface area contributed by atoms with Crippen LogP contribution in [-0.2, 0) is 9.53 Å². The Balaban J connectivity index is 1.38. The molecular weight excluding hydrogens is 350 g/mol. The summed E-state index contributed by atoms with van der Waals surface area (Å²) in [6.45, 7) is 0.730. The van der Waals surface area contributed by atoms with Crippen molar-refractivity contribution in [1.29, 1.82) is 0 Å². The van der Waals surface area contributed by atoms with E-state index >= 15 is 0 Å². The Morgan fingerprint density at radius 1 is 1.23 bits per heavy atom. The molecule has 2 saturated heterocycles. The number of carbonyl (C=O) groups excluding carboxylic acids is 1. The second-order valence-corrected chi connectivity index (χ2v) is 8.34. The Morgan fingerprint density at radius 3 is 2.69 bits per heavy atom. The average Bonchev–Trinajstić information content (AvgIpc) is 3.25. The predicted octanol–water partition coefficient (Wildman–Crippen LogP) is 3.61. The maximum atomic E-state index is 11.3. The van der Waals surface area contributed by atoms with E-state index in [1.165, 1.54) is 13.5 Å². The Labute approximate surface area is 160 Å². The number of rotatable bonds is 10. The van der Waals surface area contributed by atoms with Crippen LogP contribution in [0.2, 0.25) is 0 Å². The van der Waals surface area contributed by atoms with Gasteiger partial charge in [-0.15, -0.1) is 0 Å². The van der Waals surface area contributed by atoms with Crippen molar-refractivity contribution in [3.8, 4) is 5.75 Å². The number of para-hydroxylation sites is 1. The molecule has 5 nitrogen and oxygen atoms in total. The van der Waals surface area contributed by atoms with Crippen LogP contribution in [0.25, 0.3) is 0 Å². The molecule has 1 amide bonds. The summed E-state index contributed by atoms with van der Waals surface area (Å²) in [4.78, 5) is 11.3. The minimum atomic E-state index is -0.213. The molecule has 2 bridgehead atoms. The predicted molar refractivity (Wildman–Crippen MR) is 103 cm³/mol. The standard InChI is InChI=1S/C20H29NO4S/c1-21(23)20(22)9-5-6-12-26-14-17-16(18-10-11-19(17)25-18)13-24-15-7-3-2-4-8-15/h2-4,7-8,16-19,23H,5-6,9-14H2,1H3. The summed E-state index contributed by atoms with van der Waals surface area (Å²) in [6.07, 6.45) is 5.31. The van der Waals surface area contributed by atoms with Crippen molar-refractivity contribution in [3.05, 3.63) is 30.3 Å². The van der Waals surface area contributed by atoms with Gasteiger partial charge in [0.25, 0.3) is 0 Å². The number of carbonyl (C=O) groups is 1. The highest BCUT2D eigenvalue weighted by Crippen LogP contribution is 2.45. The van der Waals surface area contributed by atoms with Crippen LogP contribution in [0.15, 0.2) is 30.3 Å². The van der Waals surface area contributed by atoms with Crippen molar-refractivity contribution < 1.29 is 19.5 Å². The van der Waals surface area contributed by atoms with Gasteiger partial charge in [-0.1, -0.05) is 18.2 Å². The monoisotopic (exact) mass is 379 g/mol. The third-order valence-corrected chi connectivity index (χ3v) is 6.57. The Bertz CT molecular complexity index is 568.